The molecule has 0 bridgehead atoms. The molecule has 0 aliphatic carbocycles. The third kappa shape index (κ3) is 11.6. The summed E-state index contributed by atoms with van der Waals surface area (Å²) in [6.45, 7) is 23.0. The van der Waals surface area contributed by atoms with Crippen LogP contribution in [0.4, 0.5) is 0 Å². The number of aliphatic hydroxyl groups is 3. The van der Waals surface area contributed by atoms with Gasteiger partial charge in [0.05, 0.1) is 127 Å². The van der Waals surface area contributed by atoms with Crippen LogP contribution < -0.4 is 0 Å². The van der Waals surface area contributed by atoms with Crippen LogP contribution in [0.1, 0.15) is 131 Å². The van der Waals surface area contributed by atoms with Crippen molar-refractivity contribution < 1.29 is 102 Å². The van der Waals surface area contributed by atoms with Gasteiger partial charge in [-0.05, 0) is 96.6 Å². The molecular formula is C56H84O22S2. The van der Waals surface area contributed by atoms with Gasteiger partial charge in [-0.25, -0.2) is 8.37 Å². The van der Waals surface area contributed by atoms with Gasteiger partial charge in [0, 0.05) is 44.9 Å². The minimum Gasteiger partial charge on any atom is -0.387 e. The van der Waals surface area contributed by atoms with Gasteiger partial charge in [-0.2, -0.15) is 16.8 Å². The van der Waals surface area contributed by atoms with Crippen LogP contribution in [-0.4, -0.2) is 204 Å². The average molecular weight is 1170 g/mol. The normalized spacial score (nSPS) is 50.4. The van der Waals surface area contributed by atoms with Crippen LogP contribution in [-0.2, 0) is 81.3 Å². The summed E-state index contributed by atoms with van der Waals surface area (Å²) in [6, 6.07) is 0. The Hall–Kier alpha value is -1.86. The van der Waals surface area contributed by atoms with Crippen LogP contribution in [0.25, 0.3) is 0 Å². The summed E-state index contributed by atoms with van der Waals surface area (Å²) >= 11 is 0. The Balaban J connectivity index is 0.744. The smallest absolute Gasteiger partial charge is 0.387 e. The third-order valence-corrected chi connectivity index (χ3v) is 21.0. The van der Waals surface area contributed by atoms with Gasteiger partial charge in [0.1, 0.15) is 35.6 Å². The molecule has 0 radical (unpaired) electrons. The number of aliphatic hydroxyl groups excluding tert-OH is 2. The first-order valence-corrected chi connectivity index (χ1v) is 31.5. The Morgan fingerprint density at radius 2 is 1.27 bits per heavy atom. The van der Waals surface area contributed by atoms with Crippen molar-refractivity contribution in [3.8, 4) is 0 Å². The van der Waals surface area contributed by atoms with Crippen LogP contribution in [0.5, 0.6) is 0 Å². The summed E-state index contributed by atoms with van der Waals surface area (Å²) in [5, 5.41) is 34.1. The van der Waals surface area contributed by atoms with Gasteiger partial charge < -0.3 is 67.4 Å². The molecule has 80 heavy (non-hydrogen) atoms. The second-order valence-electron chi connectivity index (χ2n) is 26.0. The summed E-state index contributed by atoms with van der Waals surface area (Å²) in [7, 11) is -9.60. The van der Waals surface area contributed by atoms with Gasteiger partial charge in [-0.3, -0.25) is 9.11 Å². The molecule has 0 aromatic rings. The second kappa shape index (κ2) is 21.8. The molecule has 11 aliphatic rings. The van der Waals surface area contributed by atoms with E-state index in [1.54, 1.807) is 26.0 Å². The molecule has 11 heterocycles. The summed E-state index contributed by atoms with van der Waals surface area (Å²) in [5.74, 6) is 0.0538. The third-order valence-electron chi connectivity index (χ3n) is 20.0. The molecule has 0 aromatic carbocycles. The van der Waals surface area contributed by atoms with E-state index >= 15 is 0 Å². The van der Waals surface area contributed by atoms with Gasteiger partial charge >= 0.3 is 20.8 Å². The Bertz CT molecular complexity index is 2600. The molecule has 0 spiro atoms. The van der Waals surface area contributed by atoms with Crippen molar-refractivity contribution in [1.29, 1.82) is 0 Å². The Morgan fingerprint density at radius 1 is 0.713 bits per heavy atom. The number of hydrogen-bond donors (Lipinski definition) is 5. The van der Waals surface area contributed by atoms with Crippen LogP contribution >= 0.6 is 0 Å². The van der Waals surface area contributed by atoms with Gasteiger partial charge in [0.25, 0.3) is 0 Å². The van der Waals surface area contributed by atoms with E-state index in [1.807, 2.05) is 6.92 Å². The molecule has 22 nitrogen and oxygen atoms in total. The van der Waals surface area contributed by atoms with Gasteiger partial charge in [-0.15, -0.1) is 6.58 Å². The molecular weight excluding hydrogens is 1090 g/mol. The number of ether oxygens (including phenoxy) is 11. The number of hydrogen-bond acceptors (Lipinski definition) is 20. The fraction of sp³-hybridized carbons (Fsp3) is 0.857. The highest BCUT2D eigenvalue weighted by Crippen LogP contribution is 2.54. The molecule has 5 N–H and O–H groups in total. The van der Waals surface area contributed by atoms with Crippen molar-refractivity contribution in [1.82, 2.24) is 0 Å². The Kier molecular flexibility index (Phi) is 16.3. The van der Waals surface area contributed by atoms with E-state index < -0.39 is 134 Å². The number of fused-ring (bicyclic) bond motifs is 10. The van der Waals surface area contributed by atoms with Crippen LogP contribution in [0.3, 0.4) is 0 Å². The minimum absolute atomic E-state index is 0.0538. The summed E-state index contributed by atoms with van der Waals surface area (Å²) in [4.78, 5) is 0. The van der Waals surface area contributed by atoms with E-state index in [0.717, 1.165) is 6.42 Å². The van der Waals surface area contributed by atoms with E-state index in [0.29, 0.717) is 75.4 Å². The molecule has 11 rings (SSSR count). The van der Waals surface area contributed by atoms with Crippen molar-refractivity contribution in [2.24, 2.45) is 5.92 Å². The molecule has 452 valence electrons. The highest BCUT2D eigenvalue weighted by molar-refractivity contribution is 7.81. The zero-order chi connectivity index (χ0) is 57.3. The van der Waals surface area contributed by atoms with Crippen molar-refractivity contribution in [2.75, 3.05) is 6.61 Å². The van der Waals surface area contributed by atoms with Crippen LogP contribution in [0.15, 0.2) is 49.1 Å². The molecule has 0 unspecified atom stereocenters. The molecule has 0 saturated carbocycles. The fourth-order valence-electron chi connectivity index (χ4n) is 15.5. The SMILES string of the molecule is C=C[C@@H](O)C(=C)/C=C/[C@@](C)(O)[C@H]1O[C@@H]2C[C@@H]3O[C@@H]4C[C@@H]5O[C@@H]6C[C@@H]7O[C@@H]8C[C@@H]9O[C@@H]%10C[C@@H]%11O[C@](C)(CCCOS(=O)(=O)O)[C@@H](OS(=O)(=O)O)C[C@H]%11O[C@H]%10C[C@H]9O[C@H]8CC[C@@]7(C)O[C@@]6(C)CC[C@H](C)[C@H]5O[C@H]4[C@@H](O)[C@@]3(C)O[C@H]2CC1=C. The van der Waals surface area contributed by atoms with E-state index in [1.165, 1.54) is 6.08 Å². The van der Waals surface area contributed by atoms with Crippen molar-refractivity contribution in [2.45, 2.75) is 288 Å². The van der Waals surface area contributed by atoms with Gasteiger partial charge in [0.15, 0.2) is 0 Å². The molecule has 0 amide bonds. The molecule has 11 aliphatic heterocycles. The van der Waals surface area contributed by atoms with Crippen molar-refractivity contribution in [3.05, 3.63) is 49.1 Å². The van der Waals surface area contributed by atoms with E-state index in [-0.39, 0.29) is 74.5 Å². The summed E-state index contributed by atoms with van der Waals surface area (Å²) < 4.78 is 151. The zero-order valence-corrected chi connectivity index (χ0v) is 48.3. The lowest BCUT2D eigenvalue weighted by Gasteiger charge is -2.61. The monoisotopic (exact) mass is 1170 g/mol. The van der Waals surface area contributed by atoms with Crippen molar-refractivity contribution >= 4 is 20.8 Å². The first-order chi connectivity index (χ1) is 37.4. The second-order valence-corrected chi connectivity index (χ2v) is 28.1. The molecule has 24 heteroatoms. The lowest BCUT2D eigenvalue weighted by molar-refractivity contribution is -0.369. The Labute approximate surface area is 470 Å². The quantitative estimate of drug-likeness (QED) is 0.0782. The minimum atomic E-state index is -4.91. The standard InChI is InChI=1S/C56H84O22S2/c1-10-31(57)28(2)12-16-52(5,59)51-30(4)20-40-39(73-51)26-47-56(9,76-40)50(58)49-43(72-47)24-42-48(74-49)29(3)13-17-54(7)45(71-42)27-44-55(8,78-54)18-14-32-33(70-44)21-35-34(67-32)22-36-37(68-35)23-41-38(69-36)25-46(77-80(63,64)65)53(6,75-41)15-11-19-66-79(60,61)62/h10,12,16,29,31-51,57-59H,1-2,4,11,13-15,17-27H2,3,5-9H3,(H,60,61,62)(H,63,64,65)/b16-12+/t29-,31+,32-,33+,34+,35-,36-,37+,38+,39+,40-,41-,42-,43+,44-,45+,46-,47-,48+,49+,50+,51-,52+,53+,54-,55+,56-/m0/s1. The first-order valence-electron chi connectivity index (χ1n) is 28.8. The lowest BCUT2D eigenvalue weighted by atomic mass is 9.73. The van der Waals surface area contributed by atoms with E-state index in [4.69, 9.17) is 60.8 Å². The van der Waals surface area contributed by atoms with E-state index in [2.05, 4.69) is 44.7 Å². The first kappa shape index (κ1) is 59.9. The van der Waals surface area contributed by atoms with Gasteiger partial charge in [-0.1, -0.05) is 38.3 Å². The summed E-state index contributed by atoms with van der Waals surface area (Å²) in [6.07, 6.45) is -0.374. The number of rotatable bonds is 12. The summed E-state index contributed by atoms with van der Waals surface area (Å²) in [5.41, 5.74) is -4.23. The maximum Gasteiger partial charge on any atom is 0.397 e. The highest BCUT2D eigenvalue weighted by atomic mass is 32.3. The fourth-order valence-corrected chi connectivity index (χ4v) is 16.4. The predicted molar refractivity (Wildman–Crippen MR) is 282 cm³/mol. The maximum atomic E-state index is 12.3. The topological polar surface area (TPSA) is 289 Å². The molecule has 11 fully saturated rings. The molecule has 27 atom stereocenters. The Morgan fingerprint density at radius 3 is 1.93 bits per heavy atom. The van der Waals surface area contributed by atoms with E-state index in [9.17, 15) is 36.7 Å². The lowest BCUT2D eigenvalue weighted by Crippen LogP contribution is -2.74. The average Bonchev–Trinajstić information content (AvgIpc) is 3.51. The molecule has 0 aromatic heterocycles. The van der Waals surface area contributed by atoms with Gasteiger partial charge in [0.2, 0.25) is 0 Å². The van der Waals surface area contributed by atoms with Crippen molar-refractivity contribution in [3.63, 3.8) is 0 Å². The molecule has 11 saturated heterocycles. The maximum absolute atomic E-state index is 12.3. The van der Waals surface area contributed by atoms with Crippen LogP contribution in [0.2, 0.25) is 0 Å². The van der Waals surface area contributed by atoms with Crippen LogP contribution in [0, 0.1) is 5.92 Å². The highest BCUT2D eigenvalue weighted by Gasteiger charge is 2.65. The largest absolute Gasteiger partial charge is 0.397 e. The predicted octanol–water partition coefficient (Wildman–Crippen LogP) is 4.42. The zero-order valence-electron chi connectivity index (χ0n) is 46.7.